The minimum Gasteiger partial charge on any atom is -0.489 e. The lowest BCUT2D eigenvalue weighted by atomic mass is 9.33. The van der Waals surface area contributed by atoms with E-state index in [0.29, 0.717) is 13.2 Å². The van der Waals surface area contributed by atoms with Gasteiger partial charge in [-0.15, -0.1) is 0 Å². The van der Waals surface area contributed by atoms with E-state index in [9.17, 15) is 0 Å². The van der Waals surface area contributed by atoms with Gasteiger partial charge in [0.05, 0.1) is 13.2 Å². The molecule has 0 fully saturated rings. The van der Waals surface area contributed by atoms with E-state index in [1.807, 2.05) is 0 Å². The molecule has 3 aliphatic heterocycles. The van der Waals surface area contributed by atoms with Crippen molar-refractivity contribution < 1.29 is 13.9 Å². The van der Waals surface area contributed by atoms with Crippen LogP contribution >= 0.6 is 0 Å². The number of anilines is 6. The number of ether oxygens (including phenoxy) is 2. The van der Waals surface area contributed by atoms with Gasteiger partial charge in [-0.05, 0) is 163 Å². The lowest BCUT2D eigenvalue weighted by Crippen LogP contribution is -2.61. The molecule has 0 spiro atoms. The standard InChI is InChI=1S/C71H63BN2O3/c1-43-34-61-66-62(35-43)74(67-52(44-18-11-10-12-19-44)28-31-64-68(67)76-33-17-32-75-64)60-30-26-50(70(5,6)7)42-58(60)72(66)57-41-49(69(2,3)4)25-29-59(57)73(61)51-37-47(36-48(38-51)65-40-46-20-13-16-23-63(46)77-65)45-24-27-54-53-21-14-15-22-55(53)71(8,9)56(54)39-45/h10-16,18-31,34-42H,17,32-33H2,1-9H3. The minimum atomic E-state index is -0.156. The van der Waals surface area contributed by atoms with Crippen molar-refractivity contribution in [3.8, 4) is 56.2 Å². The topological polar surface area (TPSA) is 38.1 Å². The number of furan rings is 1. The molecule has 0 N–H and O–H groups in total. The number of rotatable bonds is 5. The van der Waals surface area contributed by atoms with Crippen molar-refractivity contribution in [1.29, 1.82) is 0 Å². The molecule has 0 saturated carbocycles. The first-order valence-corrected chi connectivity index (χ1v) is 27.5. The Kier molecular flexibility index (Phi) is 10.5. The predicted molar refractivity (Wildman–Crippen MR) is 322 cm³/mol. The summed E-state index contributed by atoms with van der Waals surface area (Å²) in [6.45, 7) is 22.0. The number of hydrogen-bond acceptors (Lipinski definition) is 5. The molecule has 1 aliphatic carbocycles. The molecule has 4 heterocycles. The Labute approximate surface area is 453 Å². The van der Waals surface area contributed by atoms with Gasteiger partial charge >= 0.3 is 0 Å². The highest BCUT2D eigenvalue weighted by Gasteiger charge is 2.46. The van der Waals surface area contributed by atoms with Gasteiger partial charge in [0.1, 0.15) is 17.0 Å². The maximum Gasteiger partial charge on any atom is 0.252 e. The van der Waals surface area contributed by atoms with Crippen LogP contribution in [0.25, 0.3) is 55.7 Å². The molecule has 4 aliphatic rings. The molecule has 77 heavy (non-hydrogen) atoms. The van der Waals surface area contributed by atoms with E-state index in [0.717, 1.165) is 90.9 Å². The van der Waals surface area contributed by atoms with Crippen molar-refractivity contribution in [2.24, 2.45) is 0 Å². The van der Waals surface area contributed by atoms with Crippen molar-refractivity contribution in [1.82, 2.24) is 0 Å². The molecule has 0 amide bonds. The van der Waals surface area contributed by atoms with Crippen LogP contribution in [0.15, 0.2) is 186 Å². The lowest BCUT2D eigenvalue weighted by molar-refractivity contribution is 0.297. The van der Waals surface area contributed by atoms with E-state index >= 15 is 0 Å². The van der Waals surface area contributed by atoms with Crippen LogP contribution in [0.1, 0.15) is 89.6 Å². The molecule has 6 heteroatoms. The predicted octanol–water partition coefficient (Wildman–Crippen LogP) is 16.9. The van der Waals surface area contributed by atoms with Crippen LogP contribution in [0.3, 0.4) is 0 Å². The monoisotopic (exact) mass is 1000 g/mol. The van der Waals surface area contributed by atoms with Gasteiger partial charge in [-0.2, -0.15) is 0 Å². The van der Waals surface area contributed by atoms with Gasteiger partial charge in [-0.25, -0.2) is 0 Å². The molecule has 5 nitrogen and oxygen atoms in total. The first-order chi connectivity index (χ1) is 37.1. The summed E-state index contributed by atoms with van der Waals surface area (Å²) in [6.07, 6.45) is 0.802. The zero-order valence-electron chi connectivity index (χ0n) is 45.6. The molecule has 14 rings (SSSR count). The number of benzene rings is 9. The second-order valence-corrected chi connectivity index (χ2v) is 24.4. The molecule has 1 aromatic heterocycles. The van der Waals surface area contributed by atoms with Crippen molar-refractivity contribution in [3.63, 3.8) is 0 Å². The van der Waals surface area contributed by atoms with Gasteiger partial charge in [-0.3, -0.25) is 0 Å². The third-order valence-corrected chi connectivity index (χ3v) is 16.9. The highest BCUT2D eigenvalue weighted by atomic mass is 16.5. The summed E-state index contributed by atoms with van der Waals surface area (Å²) in [5.41, 5.74) is 25.6. The first kappa shape index (κ1) is 47.3. The Balaban J connectivity index is 1.07. The van der Waals surface area contributed by atoms with Crippen molar-refractivity contribution >= 4 is 68.2 Å². The van der Waals surface area contributed by atoms with E-state index in [4.69, 9.17) is 13.9 Å². The molecule has 0 bridgehead atoms. The molecule has 0 radical (unpaired) electrons. The lowest BCUT2D eigenvalue weighted by Gasteiger charge is -2.45. The summed E-state index contributed by atoms with van der Waals surface area (Å²) < 4.78 is 20.3. The van der Waals surface area contributed by atoms with Gasteiger partial charge in [0.2, 0.25) is 0 Å². The van der Waals surface area contributed by atoms with Crippen molar-refractivity contribution in [2.45, 2.75) is 85.0 Å². The zero-order chi connectivity index (χ0) is 52.7. The van der Waals surface area contributed by atoms with Gasteiger partial charge in [0.25, 0.3) is 6.71 Å². The van der Waals surface area contributed by atoms with E-state index in [2.05, 4.69) is 254 Å². The second-order valence-electron chi connectivity index (χ2n) is 24.4. The van der Waals surface area contributed by atoms with Crippen LogP contribution in [-0.2, 0) is 16.2 Å². The number of fused-ring (bicyclic) bond motifs is 9. The molecule has 9 aromatic carbocycles. The summed E-state index contributed by atoms with van der Waals surface area (Å²) >= 11 is 0. The van der Waals surface area contributed by atoms with Gasteiger partial charge < -0.3 is 23.7 Å². The van der Waals surface area contributed by atoms with Crippen LogP contribution in [-0.4, -0.2) is 19.9 Å². The minimum absolute atomic E-state index is 0.0963. The molecule has 10 aromatic rings. The smallest absolute Gasteiger partial charge is 0.252 e. The summed E-state index contributed by atoms with van der Waals surface area (Å²) in [6, 6.07) is 68.2. The van der Waals surface area contributed by atoms with E-state index < -0.39 is 0 Å². The van der Waals surface area contributed by atoms with Crippen molar-refractivity contribution in [2.75, 3.05) is 23.0 Å². The summed E-state index contributed by atoms with van der Waals surface area (Å²) in [4.78, 5) is 5.09. The maximum absolute atomic E-state index is 6.94. The largest absolute Gasteiger partial charge is 0.489 e. The average molecular weight is 1000 g/mol. The Bertz CT molecular complexity index is 4030. The van der Waals surface area contributed by atoms with Crippen LogP contribution in [0.2, 0.25) is 0 Å². The highest BCUT2D eigenvalue weighted by Crippen LogP contribution is 2.55. The molecule has 378 valence electrons. The second kappa shape index (κ2) is 17.1. The fraction of sp³-hybridized carbons (Fsp3) is 0.211. The van der Waals surface area contributed by atoms with Gasteiger partial charge in [0.15, 0.2) is 11.5 Å². The number of hydrogen-bond donors (Lipinski definition) is 0. The number of para-hydroxylation sites is 1. The quantitative estimate of drug-likeness (QED) is 0.161. The van der Waals surface area contributed by atoms with Crippen LogP contribution < -0.4 is 35.7 Å². The maximum atomic E-state index is 6.94. The molecule has 0 unspecified atom stereocenters. The van der Waals surface area contributed by atoms with Gasteiger partial charge in [-0.1, -0.05) is 165 Å². The van der Waals surface area contributed by atoms with Crippen LogP contribution in [0.4, 0.5) is 34.1 Å². The van der Waals surface area contributed by atoms with E-state index in [-0.39, 0.29) is 23.0 Å². The Morgan fingerprint density at radius 3 is 1.87 bits per heavy atom. The molecular formula is C71H63BN2O3. The van der Waals surface area contributed by atoms with E-state index in [1.165, 1.54) is 61.0 Å². The molecule has 0 atom stereocenters. The molecule has 0 saturated heterocycles. The fourth-order valence-electron chi connectivity index (χ4n) is 12.9. The fourth-order valence-corrected chi connectivity index (χ4v) is 12.9. The normalized spacial score (nSPS) is 14.9. The zero-order valence-corrected chi connectivity index (χ0v) is 45.6. The highest BCUT2D eigenvalue weighted by molar-refractivity contribution is 7.00. The Morgan fingerprint density at radius 2 is 1.13 bits per heavy atom. The summed E-state index contributed by atoms with van der Waals surface area (Å²) in [5, 5.41) is 1.08. The summed E-state index contributed by atoms with van der Waals surface area (Å²) in [7, 11) is 0. The SMILES string of the molecule is Cc1cc2c3c(c1)N(c1c(-c4ccccc4)ccc4c1OCCCO4)c1ccc(C(C)(C)C)cc1B3c1cc(C(C)(C)C)ccc1N2c1cc(-c2ccc3c(c2)C(C)(C)c2ccccc2-3)cc(-c2cc3ccccc3o2)c1. The third-order valence-electron chi connectivity index (χ3n) is 16.9. The van der Waals surface area contributed by atoms with Crippen molar-refractivity contribution in [3.05, 3.63) is 210 Å². The number of aryl methyl sites for hydroxylation is 1. The Morgan fingerprint density at radius 1 is 0.494 bits per heavy atom. The Hall–Kier alpha value is -8.22. The third kappa shape index (κ3) is 7.50. The van der Waals surface area contributed by atoms with E-state index in [1.54, 1.807) is 0 Å². The first-order valence-electron chi connectivity index (χ1n) is 27.5. The van der Waals surface area contributed by atoms with Gasteiger partial charge in [0, 0.05) is 56.8 Å². The van der Waals surface area contributed by atoms with Crippen LogP contribution in [0.5, 0.6) is 11.5 Å². The average Bonchev–Trinajstić information content (AvgIpc) is 4.00. The van der Waals surface area contributed by atoms with Crippen LogP contribution in [0, 0.1) is 6.92 Å². The number of nitrogens with zero attached hydrogens (tertiary/aromatic N) is 2. The molecular weight excluding hydrogens is 940 g/mol. The summed E-state index contributed by atoms with van der Waals surface area (Å²) in [5.74, 6) is 2.38.